The van der Waals surface area contributed by atoms with Gasteiger partial charge in [-0.3, -0.25) is 4.79 Å². The second kappa shape index (κ2) is 6.24. The van der Waals surface area contributed by atoms with Gasteiger partial charge in [0.15, 0.2) is 5.78 Å². The molecule has 0 amide bonds. The standard InChI is InChI=1S/C17H20N4O2/c1-4-9-23-14-8-6-5-7-13(14)16-15(12(3)22)11(2)20-17-18-10-19-21(16)17/h5-8,10,16H,4,9H2,1-3H3,(H,18,19,20)/t16-/m0/s1. The lowest BCUT2D eigenvalue weighted by Gasteiger charge is -2.29. The number of carbonyl (C=O) groups excluding carboxylic acids is 1. The number of anilines is 1. The fourth-order valence-electron chi connectivity index (χ4n) is 2.88. The van der Waals surface area contributed by atoms with Crippen LogP contribution in [-0.2, 0) is 4.79 Å². The minimum Gasteiger partial charge on any atom is -0.493 e. The number of nitrogens with one attached hydrogen (secondary N) is 1. The lowest BCUT2D eigenvalue weighted by Crippen LogP contribution is -2.28. The van der Waals surface area contributed by atoms with Gasteiger partial charge >= 0.3 is 0 Å². The molecule has 1 aromatic heterocycles. The van der Waals surface area contributed by atoms with Gasteiger partial charge in [0.2, 0.25) is 5.95 Å². The lowest BCUT2D eigenvalue weighted by atomic mass is 9.92. The molecule has 0 saturated heterocycles. The molecule has 0 spiro atoms. The van der Waals surface area contributed by atoms with E-state index in [0.29, 0.717) is 18.1 Å². The van der Waals surface area contributed by atoms with E-state index in [0.717, 1.165) is 23.4 Å². The van der Waals surface area contributed by atoms with E-state index in [9.17, 15) is 4.79 Å². The predicted molar refractivity (Wildman–Crippen MR) is 87.4 cm³/mol. The Morgan fingerprint density at radius 1 is 1.39 bits per heavy atom. The minimum atomic E-state index is -0.334. The molecule has 0 aliphatic carbocycles. The third kappa shape index (κ3) is 2.72. The molecule has 0 fully saturated rings. The van der Waals surface area contributed by atoms with E-state index in [4.69, 9.17) is 4.74 Å². The normalized spacial score (nSPS) is 16.7. The van der Waals surface area contributed by atoms with Crippen molar-refractivity contribution < 1.29 is 9.53 Å². The Labute approximate surface area is 135 Å². The summed E-state index contributed by atoms with van der Waals surface area (Å²) in [7, 11) is 0. The number of hydrogen-bond donors (Lipinski definition) is 1. The van der Waals surface area contributed by atoms with Crippen molar-refractivity contribution in [2.45, 2.75) is 33.2 Å². The van der Waals surface area contributed by atoms with E-state index in [1.807, 2.05) is 31.2 Å². The second-order valence-electron chi connectivity index (χ2n) is 5.54. The first-order chi connectivity index (χ1) is 11.1. The van der Waals surface area contributed by atoms with Crippen LogP contribution in [-0.4, -0.2) is 27.2 Å². The fraction of sp³-hybridized carbons (Fsp3) is 0.353. The zero-order valence-electron chi connectivity index (χ0n) is 13.5. The van der Waals surface area contributed by atoms with Crippen LogP contribution in [0.2, 0.25) is 0 Å². The van der Waals surface area contributed by atoms with Crippen LogP contribution in [0.4, 0.5) is 5.95 Å². The molecule has 2 aromatic rings. The van der Waals surface area contributed by atoms with Crippen LogP contribution >= 0.6 is 0 Å². The van der Waals surface area contributed by atoms with Crippen molar-refractivity contribution in [3.8, 4) is 5.75 Å². The monoisotopic (exact) mass is 312 g/mol. The predicted octanol–water partition coefficient (Wildman–Crippen LogP) is 2.94. The number of carbonyl (C=O) groups is 1. The summed E-state index contributed by atoms with van der Waals surface area (Å²) in [5.41, 5.74) is 2.39. The van der Waals surface area contributed by atoms with E-state index < -0.39 is 0 Å². The molecule has 1 atom stereocenters. The molecule has 0 unspecified atom stereocenters. The maximum atomic E-state index is 12.2. The summed E-state index contributed by atoms with van der Waals surface area (Å²) < 4.78 is 7.61. The van der Waals surface area contributed by atoms with Crippen molar-refractivity contribution in [2.75, 3.05) is 11.9 Å². The molecule has 23 heavy (non-hydrogen) atoms. The number of aromatic nitrogens is 3. The quantitative estimate of drug-likeness (QED) is 0.919. The first-order valence-corrected chi connectivity index (χ1v) is 7.73. The van der Waals surface area contributed by atoms with Crippen LogP contribution in [0.3, 0.4) is 0 Å². The number of fused-ring (bicyclic) bond motifs is 1. The molecular weight excluding hydrogens is 292 g/mol. The zero-order chi connectivity index (χ0) is 16.4. The van der Waals surface area contributed by atoms with Gasteiger partial charge in [0.05, 0.1) is 6.61 Å². The van der Waals surface area contributed by atoms with E-state index in [1.165, 1.54) is 6.33 Å². The topological polar surface area (TPSA) is 69.0 Å². The number of rotatable bonds is 5. The average molecular weight is 312 g/mol. The molecule has 6 nitrogen and oxygen atoms in total. The summed E-state index contributed by atoms with van der Waals surface area (Å²) in [4.78, 5) is 16.5. The third-order valence-electron chi connectivity index (χ3n) is 3.85. The number of Topliss-reactive ketones (excluding diaryl/α,β-unsaturated/α-hetero) is 1. The number of nitrogens with zero attached hydrogens (tertiary/aromatic N) is 3. The maximum absolute atomic E-state index is 12.2. The molecule has 1 aliphatic heterocycles. The average Bonchev–Trinajstić information content (AvgIpc) is 2.99. The number of ketones is 1. The van der Waals surface area contributed by atoms with Crippen LogP contribution in [0.25, 0.3) is 0 Å². The van der Waals surface area contributed by atoms with Crippen molar-refractivity contribution >= 4 is 11.7 Å². The van der Waals surface area contributed by atoms with Gasteiger partial charge in [-0.2, -0.15) is 10.1 Å². The molecule has 1 aromatic carbocycles. The molecule has 0 saturated carbocycles. The molecule has 120 valence electrons. The Balaban J connectivity index is 2.15. The van der Waals surface area contributed by atoms with Gasteiger partial charge in [0, 0.05) is 16.8 Å². The molecule has 6 heteroatoms. The lowest BCUT2D eigenvalue weighted by molar-refractivity contribution is -0.114. The van der Waals surface area contributed by atoms with Gasteiger partial charge in [-0.25, -0.2) is 4.68 Å². The highest BCUT2D eigenvalue weighted by Crippen LogP contribution is 2.38. The van der Waals surface area contributed by atoms with Crippen molar-refractivity contribution in [3.63, 3.8) is 0 Å². The summed E-state index contributed by atoms with van der Waals surface area (Å²) in [5.74, 6) is 1.41. The number of para-hydroxylation sites is 1. The molecule has 1 aliphatic rings. The van der Waals surface area contributed by atoms with E-state index in [1.54, 1.807) is 11.6 Å². The highest BCUT2D eigenvalue weighted by Gasteiger charge is 2.33. The zero-order valence-corrected chi connectivity index (χ0v) is 13.5. The number of ether oxygens (including phenoxy) is 1. The minimum absolute atomic E-state index is 0.00597. The van der Waals surface area contributed by atoms with Crippen LogP contribution in [0.1, 0.15) is 38.8 Å². The number of benzene rings is 1. The summed E-state index contributed by atoms with van der Waals surface area (Å²) in [5, 5.41) is 7.45. The van der Waals surface area contributed by atoms with Gasteiger partial charge in [0.25, 0.3) is 0 Å². The number of allylic oxidation sites excluding steroid dienone is 2. The fourth-order valence-corrected chi connectivity index (χ4v) is 2.88. The first kappa shape index (κ1) is 15.3. The van der Waals surface area contributed by atoms with Crippen molar-refractivity contribution in [3.05, 3.63) is 47.4 Å². The van der Waals surface area contributed by atoms with Gasteiger partial charge < -0.3 is 10.1 Å². The van der Waals surface area contributed by atoms with Crippen molar-refractivity contribution in [1.29, 1.82) is 0 Å². The molecule has 2 heterocycles. The third-order valence-corrected chi connectivity index (χ3v) is 3.85. The van der Waals surface area contributed by atoms with Gasteiger partial charge in [0.1, 0.15) is 18.1 Å². The van der Waals surface area contributed by atoms with Crippen molar-refractivity contribution in [2.24, 2.45) is 0 Å². The first-order valence-electron chi connectivity index (χ1n) is 7.73. The molecule has 0 bridgehead atoms. The van der Waals surface area contributed by atoms with E-state index in [-0.39, 0.29) is 11.8 Å². The molecule has 1 N–H and O–H groups in total. The smallest absolute Gasteiger partial charge is 0.226 e. The Bertz CT molecular complexity index is 763. The van der Waals surface area contributed by atoms with E-state index >= 15 is 0 Å². The van der Waals surface area contributed by atoms with Crippen LogP contribution in [0.15, 0.2) is 41.9 Å². The largest absolute Gasteiger partial charge is 0.493 e. The second-order valence-corrected chi connectivity index (χ2v) is 5.54. The Morgan fingerprint density at radius 2 is 2.17 bits per heavy atom. The van der Waals surface area contributed by atoms with Gasteiger partial charge in [-0.05, 0) is 26.3 Å². The number of hydrogen-bond acceptors (Lipinski definition) is 5. The SMILES string of the molecule is CCCOc1ccccc1[C@H]1C(C(C)=O)=C(C)Nc2ncnn21. The highest BCUT2D eigenvalue weighted by atomic mass is 16.5. The highest BCUT2D eigenvalue weighted by molar-refractivity contribution is 5.96. The molecule has 0 radical (unpaired) electrons. The van der Waals surface area contributed by atoms with Gasteiger partial charge in [-0.15, -0.1) is 0 Å². The molecule has 3 rings (SSSR count). The summed E-state index contributed by atoms with van der Waals surface area (Å²) in [6.45, 7) is 6.15. The maximum Gasteiger partial charge on any atom is 0.226 e. The summed E-state index contributed by atoms with van der Waals surface area (Å²) >= 11 is 0. The van der Waals surface area contributed by atoms with Crippen LogP contribution < -0.4 is 10.1 Å². The summed E-state index contributed by atoms with van der Waals surface area (Å²) in [6, 6.07) is 7.44. The molecular formula is C17H20N4O2. The Morgan fingerprint density at radius 3 is 2.91 bits per heavy atom. The Hall–Kier alpha value is -2.63. The van der Waals surface area contributed by atoms with E-state index in [2.05, 4.69) is 22.3 Å². The van der Waals surface area contributed by atoms with Gasteiger partial charge in [-0.1, -0.05) is 25.1 Å². The summed E-state index contributed by atoms with van der Waals surface area (Å²) in [6.07, 6.45) is 2.41. The van der Waals surface area contributed by atoms with Crippen LogP contribution in [0.5, 0.6) is 5.75 Å². The Kier molecular flexibility index (Phi) is 4.14. The van der Waals surface area contributed by atoms with Crippen molar-refractivity contribution in [1.82, 2.24) is 14.8 Å². The van der Waals surface area contributed by atoms with Crippen LogP contribution in [0, 0.1) is 0 Å².